The molecule has 0 spiro atoms. The number of ether oxygens (including phenoxy) is 3. The highest BCUT2D eigenvalue weighted by atomic mass is 32.2. The monoisotopic (exact) mass is 459 g/mol. The quantitative estimate of drug-likeness (QED) is 0.655. The van der Waals surface area contributed by atoms with Gasteiger partial charge in [0.1, 0.15) is 0 Å². The number of nitrogens with zero attached hydrogens (tertiary/aromatic N) is 3. The first kappa shape index (κ1) is 22.3. The van der Waals surface area contributed by atoms with Crippen LogP contribution in [0.4, 0.5) is 0 Å². The van der Waals surface area contributed by atoms with Gasteiger partial charge in [-0.15, -0.1) is 0 Å². The van der Waals surface area contributed by atoms with Gasteiger partial charge in [-0.3, -0.25) is 4.79 Å². The molecule has 2 aliphatic rings. The van der Waals surface area contributed by atoms with Crippen LogP contribution in [-0.2, 0) is 14.8 Å². The third-order valence-electron chi connectivity index (χ3n) is 5.46. The van der Waals surface area contributed by atoms with Gasteiger partial charge in [0.15, 0.2) is 11.5 Å². The molecule has 4 rings (SSSR count). The predicted molar refractivity (Wildman–Crippen MR) is 118 cm³/mol. The lowest BCUT2D eigenvalue weighted by Crippen LogP contribution is -2.40. The summed E-state index contributed by atoms with van der Waals surface area (Å²) in [7, 11) is -0.464. The lowest BCUT2D eigenvalue weighted by Gasteiger charge is -2.26. The van der Waals surface area contributed by atoms with Crippen molar-refractivity contribution in [1.29, 1.82) is 0 Å². The number of carbonyl (C=O) groups is 1. The molecule has 170 valence electrons. The Kier molecular flexibility index (Phi) is 6.45. The molecular formula is C22H25N3O6S. The lowest BCUT2D eigenvalue weighted by atomic mass is 10.1. The molecule has 0 aliphatic carbocycles. The van der Waals surface area contributed by atoms with Gasteiger partial charge in [-0.1, -0.05) is 0 Å². The van der Waals surface area contributed by atoms with Gasteiger partial charge in [-0.25, -0.2) is 13.4 Å². The summed E-state index contributed by atoms with van der Waals surface area (Å²) >= 11 is 0. The number of rotatable bonds is 6. The van der Waals surface area contributed by atoms with Crippen molar-refractivity contribution in [2.24, 2.45) is 5.10 Å². The van der Waals surface area contributed by atoms with E-state index in [4.69, 9.17) is 14.2 Å². The number of methoxy groups -OCH3 is 2. The Labute approximate surface area is 187 Å². The van der Waals surface area contributed by atoms with Gasteiger partial charge in [-0.05, 0) is 42.5 Å². The standard InChI is InChI=1S/C22H25N3O6S/c1-29-20-8-5-17(15-21(20)30-2)19-9-10-25(23-19)22(26)16-3-6-18(7-4-16)32(27,28)24-11-13-31-14-12-24/h3-8,15H,9-14H2,1-2H3. The highest BCUT2D eigenvalue weighted by molar-refractivity contribution is 7.89. The van der Waals surface area contributed by atoms with Crippen molar-refractivity contribution in [3.8, 4) is 11.5 Å². The van der Waals surface area contributed by atoms with Crippen LogP contribution < -0.4 is 9.47 Å². The highest BCUT2D eigenvalue weighted by Gasteiger charge is 2.27. The Morgan fingerprint density at radius 2 is 1.66 bits per heavy atom. The average molecular weight is 460 g/mol. The van der Waals surface area contributed by atoms with E-state index in [9.17, 15) is 13.2 Å². The van der Waals surface area contributed by atoms with Crippen LogP contribution in [0.5, 0.6) is 11.5 Å². The second kappa shape index (κ2) is 9.27. The van der Waals surface area contributed by atoms with Crippen LogP contribution in [0.3, 0.4) is 0 Å². The van der Waals surface area contributed by atoms with Crippen LogP contribution in [0.2, 0.25) is 0 Å². The molecule has 2 aliphatic heterocycles. The average Bonchev–Trinajstić information content (AvgIpc) is 3.34. The molecule has 2 aromatic rings. The molecule has 1 amide bonds. The topological polar surface area (TPSA) is 97.7 Å². The first-order valence-electron chi connectivity index (χ1n) is 10.2. The molecule has 1 fully saturated rings. The number of morpholine rings is 1. The summed E-state index contributed by atoms with van der Waals surface area (Å²) in [6.07, 6.45) is 0.602. The lowest BCUT2D eigenvalue weighted by molar-refractivity contribution is 0.0730. The van der Waals surface area contributed by atoms with E-state index in [0.29, 0.717) is 56.3 Å². The van der Waals surface area contributed by atoms with E-state index >= 15 is 0 Å². The summed E-state index contributed by atoms with van der Waals surface area (Å²) in [4.78, 5) is 13.1. The Balaban J connectivity index is 1.50. The fraction of sp³-hybridized carbons (Fsp3) is 0.364. The predicted octanol–water partition coefficient (Wildman–Crippen LogP) is 1.97. The number of hydrogen-bond donors (Lipinski definition) is 0. The second-order valence-corrected chi connectivity index (χ2v) is 9.27. The first-order valence-corrected chi connectivity index (χ1v) is 11.7. The number of hydrogen-bond acceptors (Lipinski definition) is 7. The SMILES string of the molecule is COc1ccc(C2=NN(C(=O)c3ccc(S(=O)(=O)N4CCOCC4)cc3)CC2)cc1OC. The fourth-order valence-electron chi connectivity index (χ4n) is 3.68. The molecular weight excluding hydrogens is 434 g/mol. The Hall–Kier alpha value is -2.95. The molecule has 0 saturated carbocycles. The zero-order valence-corrected chi connectivity index (χ0v) is 18.8. The van der Waals surface area contributed by atoms with Crippen LogP contribution in [0.15, 0.2) is 52.5 Å². The molecule has 10 heteroatoms. The molecule has 0 radical (unpaired) electrons. The van der Waals surface area contributed by atoms with E-state index in [1.54, 1.807) is 20.3 Å². The van der Waals surface area contributed by atoms with Gasteiger partial charge in [0.05, 0.1) is 44.6 Å². The maximum atomic E-state index is 12.9. The molecule has 9 nitrogen and oxygen atoms in total. The highest BCUT2D eigenvalue weighted by Crippen LogP contribution is 2.29. The van der Waals surface area contributed by atoms with Crippen molar-refractivity contribution in [3.05, 3.63) is 53.6 Å². The smallest absolute Gasteiger partial charge is 0.273 e. The molecule has 32 heavy (non-hydrogen) atoms. The second-order valence-electron chi connectivity index (χ2n) is 7.34. The molecule has 0 unspecified atom stereocenters. The molecule has 2 heterocycles. The maximum Gasteiger partial charge on any atom is 0.273 e. The van der Waals surface area contributed by atoms with Crippen molar-refractivity contribution < 1.29 is 27.4 Å². The zero-order valence-electron chi connectivity index (χ0n) is 18.0. The van der Waals surface area contributed by atoms with E-state index in [1.807, 2.05) is 12.1 Å². The van der Waals surface area contributed by atoms with Crippen LogP contribution >= 0.6 is 0 Å². The van der Waals surface area contributed by atoms with Gasteiger partial charge in [0.2, 0.25) is 10.0 Å². The number of amides is 1. The van der Waals surface area contributed by atoms with Crippen molar-refractivity contribution in [2.75, 3.05) is 47.1 Å². The summed E-state index contributed by atoms with van der Waals surface area (Å²) in [5.41, 5.74) is 2.00. The largest absolute Gasteiger partial charge is 0.493 e. The van der Waals surface area contributed by atoms with Crippen molar-refractivity contribution in [2.45, 2.75) is 11.3 Å². The summed E-state index contributed by atoms with van der Waals surface area (Å²) < 4.78 is 42.7. The minimum atomic E-state index is -3.60. The molecule has 1 saturated heterocycles. The van der Waals surface area contributed by atoms with Gasteiger partial charge in [0.25, 0.3) is 5.91 Å². The first-order chi connectivity index (χ1) is 15.4. The van der Waals surface area contributed by atoms with Crippen LogP contribution in [0, 0.1) is 0 Å². The van der Waals surface area contributed by atoms with Crippen molar-refractivity contribution in [3.63, 3.8) is 0 Å². The van der Waals surface area contributed by atoms with E-state index in [1.165, 1.54) is 33.6 Å². The van der Waals surface area contributed by atoms with Crippen molar-refractivity contribution >= 4 is 21.6 Å². The molecule has 0 atom stereocenters. The molecule has 0 N–H and O–H groups in total. The molecule has 2 aromatic carbocycles. The minimum Gasteiger partial charge on any atom is -0.493 e. The van der Waals surface area contributed by atoms with Crippen LogP contribution in [0.25, 0.3) is 0 Å². The molecule has 0 aromatic heterocycles. The number of carbonyl (C=O) groups excluding carboxylic acids is 1. The number of hydrazone groups is 1. The van der Waals surface area contributed by atoms with Crippen molar-refractivity contribution in [1.82, 2.24) is 9.31 Å². The number of benzene rings is 2. The summed E-state index contributed by atoms with van der Waals surface area (Å²) in [5, 5.41) is 5.87. The van der Waals surface area contributed by atoms with E-state index in [2.05, 4.69) is 5.10 Å². The molecule has 0 bridgehead atoms. The third kappa shape index (κ3) is 4.34. The fourth-order valence-corrected chi connectivity index (χ4v) is 5.08. The van der Waals surface area contributed by atoms with Gasteiger partial charge in [0, 0.05) is 30.6 Å². The Morgan fingerprint density at radius 3 is 2.31 bits per heavy atom. The van der Waals surface area contributed by atoms with Gasteiger partial charge in [-0.2, -0.15) is 9.41 Å². The van der Waals surface area contributed by atoms with Gasteiger partial charge < -0.3 is 14.2 Å². The Bertz CT molecular complexity index is 1120. The van der Waals surface area contributed by atoms with E-state index < -0.39 is 10.0 Å². The summed E-state index contributed by atoms with van der Waals surface area (Å²) in [5.74, 6) is 0.931. The van der Waals surface area contributed by atoms with Gasteiger partial charge >= 0.3 is 0 Å². The number of sulfonamides is 1. The van der Waals surface area contributed by atoms with Crippen LogP contribution in [-0.4, -0.2) is 76.4 Å². The zero-order chi connectivity index (χ0) is 22.7. The minimum absolute atomic E-state index is 0.159. The normalized spacial score (nSPS) is 17.2. The Morgan fingerprint density at radius 1 is 0.969 bits per heavy atom. The van der Waals surface area contributed by atoms with E-state index in [0.717, 1.165) is 11.3 Å². The third-order valence-corrected chi connectivity index (χ3v) is 7.37. The maximum absolute atomic E-state index is 12.9. The summed E-state index contributed by atoms with van der Waals surface area (Å²) in [6.45, 7) is 1.85. The summed E-state index contributed by atoms with van der Waals surface area (Å²) in [6, 6.07) is 11.5. The van der Waals surface area contributed by atoms with E-state index in [-0.39, 0.29) is 10.8 Å². The van der Waals surface area contributed by atoms with Crippen LogP contribution in [0.1, 0.15) is 22.3 Å².